The van der Waals surface area contributed by atoms with E-state index < -0.39 is 0 Å². The summed E-state index contributed by atoms with van der Waals surface area (Å²) in [6.07, 6.45) is 1.69. The van der Waals surface area contributed by atoms with Crippen molar-refractivity contribution >= 4 is 22.5 Å². The molecule has 4 aromatic rings. The van der Waals surface area contributed by atoms with Crippen molar-refractivity contribution in [1.82, 2.24) is 19.6 Å². The van der Waals surface area contributed by atoms with Crippen molar-refractivity contribution in [2.45, 2.75) is 13.5 Å². The number of hydrogen-bond acceptors (Lipinski definition) is 3. The van der Waals surface area contributed by atoms with Crippen molar-refractivity contribution in [3.05, 3.63) is 87.4 Å². The largest absolute Gasteiger partial charge is 0.293 e. The number of hydrogen-bond donors (Lipinski definition) is 0. The lowest BCUT2D eigenvalue weighted by molar-refractivity contribution is 0.635. The highest BCUT2D eigenvalue weighted by Gasteiger charge is 2.15. The zero-order chi connectivity index (χ0) is 17.4. The number of aryl methyl sites for hydroxylation is 1. The van der Waals surface area contributed by atoms with Crippen LogP contribution in [0.5, 0.6) is 0 Å². The molecule has 0 N–H and O–H groups in total. The predicted octanol–water partition coefficient (Wildman–Crippen LogP) is 3.59. The lowest BCUT2D eigenvalue weighted by Crippen LogP contribution is -2.26. The minimum Gasteiger partial charge on any atom is -0.265 e. The normalized spacial score (nSPS) is 11.1. The average molecular weight is 351 g/mol. The van der Waals surface area contributed by atoms with Gasteiger partial charge in [0.2, 0.25) is 0 Å². The number of fused-ring (bicyclic) bond motifs is 1. The molecule has 4 rings (SSSR count). The molecule has 0 atom stereocenters. The van der Waals surface area contributed by atoms with Gasteiger partial charge in [-0.2, -0.15) is 10.2 Å². The second-order valence-corrected chi connectivity index (χ2v) is 6.27. The van der Waals surface area contributed by atoms with Gasteiger partial charge in [0.05, 0.1) is 24.1 Å². The Morgan fingerprint density at radius 2 is 1.88 bits per heavy atom. The van der Waals surface area contributed by atoms with Crippen LogP contribution in [0.25, 0.3) is 16.6 Å². The lowest BCUT2D eigenvalue weighted by Gasteiger charge is -2.09. The van der Waals surface area contributed by atoms with Crippen molar-refractivity contribution in [1.29, 1.82) is 0 Å². The van der Waals surface area contributed by atoms with Crippen LogP contribution in [0.15, 0.2) is 65.6 Å². The van der Waals surface area contributed by atoms with E-state index in [2.05, 4.69) is 10.2 Å². The molecule has 0 saturated carbocycles. The molecule has 0 spiro atoms. The van der Waals surface area contributed by atoms with Gasteiger partial charge < -0.3 is 0 Å². The van der Waals surface area contributed by atoms with Crippen molar-refractivity contribution in [3.8, 4) is 5.69 Å². The molecule has 0 bridgehead atoms. The van der Waals surface area contributed by atoms with Gasteiger partial charge in [0.1, 0.15) is 5.52 Å². The molecule has 2 heterocycles. The van der Waals surface area contributed by atoms with Crippen LogP contribution < -0.4 is 5.56 Å². The van der Waals surface area contributed by atoms with E-state index in [-0.39, 0.29) is 5.56 Å². The summed E-state index contributed by atoms with van der Waals surface area (Å²) in [5, 5.41) is 10.2. The first-order chi connectivity index (χ1) is 12.1. The highest BCUT2D eigenvalue weighted by molar-refractivity contribution is 6.30. The van der Waals surface area contributed by atoms with E-state index in [1.807, 2.05) is 55.5 Å². The second kappa shape index (κ2) is 6.18. The fourth-order valence-electron chi connectivity index (χ4n) is 2.90. The lowest BCUT2D eigenvalue weighted by atomic mass is 10.2. The van der Waals surface area contributed by atoms with Crippen molar-refractivity contribution in [2.24, 2.45) is 0 Å². The van der Waals surface area contributed by atoms with Crippen LogP contribution in [-0.4, -0.2) is 19.6 Å². The van der Waals surface area contributed by atoms with Gasteiger partial charge in [0, 0.05) is 10.4 Å². The number of benzene rings is 2. The quantitative estimate of drug-likeness (QED) is 0.567. The molecule has 2 aromatic heterocycles. The van der Waals surface area contributed by atoms with E-state index in [1.165, 1.54) is 4.68 Å². The molecule has 0 amide bonds. The number of nitrogens with zero attached hydrogens (tertiary/aromatic N) is 4. The molecular weight excluding hydrogens is 336 g/mol. The van der Waals surface area contributed by atoms with Gasteiger partial charge in [-0.15, -0.1) is 0 Å². The minimum atomic E-state index is -0.179. The highest BCUT2D eigenvalue weighted by atomic mass is 35.5. The summed E-state index contributed by atoms with van der Waals surface area (Å²) < 4.78 is 3.13. The maximum absolute atomic E-state index is 13.0. The average Bonchev–Trinajstić information content (AvgIpc) is 3.06. The predicted molar refractivity (Wildman–Crippen MR) is 98.4 cm³/mol. The molecule has 6 heteroatoms. The third kappa shape index (κ3) is 2.83. The molecule has 0 saturated heterocycles. The van der Waals surface area contributed by atoms with Crippen LogP contribution in [0.1, 0.15) is 11.3 Å². The Labute approximate surface area is 149 Å². The van der Waals surface area contributed by atoms with Crippen molar-refractivity contribution in [3.63, 3.8) is 0 Å². The van der Waals surface area contributed by atoms with Crippen molar-refractivity contribution in [2.75, 3.05) is 0 Å². The summed E-state index contributed by atoms with van der Waals surface area (Å²) in [5.74, 6) is 0. The Morgan fingerprint density at radius 1 is 1.08 bits per heavy atom. The molecule has 25 heavy (non-hydrogen) atoms. The first kappa shape index (κ1) is 15.6. The maximum atomic E-state index is 13.0. The molecule has 5 nitrogen and oxygen atoms in total. The fraction of sp³-hybridized carbons (Fsp3) is 0.105. The molecular formula is C19H15ClN4O. The van der Waals surface area contributed by atoms with E-state index in [1.54, 1.807) is 16.9 Å². The third-order valence-corrected chi connectivity index (χ3v) is 4.32. The van der Waals surface area contributed by atoms with E-state index >= 15 is 0 Å². The molecule has 0 aliphatic carbocycles. The molecule has 0 unspecified atom stereocenters. The van der Waals surface area contributed by atoms with Crippen LogP contribution in [0.4, 0.5) is 0 Å². The standard InChI is InChI=1S/C19H15ClN4O/c1-13-17-11-21-24(16-8-3-2-4-9-16)18(17)19(25)23(22-13)12-14-6-5-7-15(20)10-14/h2-11H,12H2,1H3. The number of aromatic nitrogens is 4. The number of halogens is 1. The van der Waals surface area contributed by atoms with Gasteiger partial charge >= 0.3 is 0 Å². The monoisotopic (exact) mass is 350 g/mol. The van der Waals surface area contributed by atoms with Gasteiger partial charge in [-0.1, -0.05) is 41.9 Å². The Kier molecular flexibility index (Phi) is 3.86. The molecule has 0 aliphatic heterocycles. The number of para-hydroxylation sites is 1. The van der Waals surface area contributed by atoms with E-state index in [4.69, 9.17) is 11.6 Å². The third-order valence-electron chi connectivity index (χ3n) is 4.09. The van der Waals surface area contributed by atoms with E-state index in [0.717, 1.165) is 22.3 Å². The summed E-state index contributed by atoms with van der Waals surface area (Å²) in [7, 11) is 0. The summed E-state index contributed by atoms with van der Waals surface area (Å²) in [5.41, 5.74) is 2.88. The van der Waals surface area contributed by atoms with E-state index in [0.29, 0.717) is 17.1 Å². The Balaban J connectivity index is 1.90. The summed E-state index contributed by atoms with van der Waals surface area (Å²) in [6.45, 7) is 2.24. The van der Waals surface area contributed by atoms with Gasteiger partial charge in [-0.3, -0.25) is 4.79 Å². The molecule has 124 valence electrons. The van der Waals surface area contributed by atoms with Crippen LogP contribution in [0, 0.1) is 6.92 Å². The number of rotatable bonds is 3. The first-order valence-corrected chi connectivity index (χ1v) is 8.26. The summed E-state index contributed by atoms with van der Waals surface area (Å²) >= 11 is 6.04. The van der Waals surface area contributed by atoms with Crippen LogP contribution in [0.3, 0.4) is 0 Å². The van der Waals surface area contributed by atoms with E-state index in [9.17, 15) is 4.79 Å². The van der Waals surface area contributed by atoms with Gasteiger partial charge in [-0.25, -0.2) is 9.36 Å². The fourth-order valence-corrected chi connectivity index (χ4v) is 3.11. The Morgan fingerprint density at radius 3 is 2.64 bits per heavy atom. The SMILES string of the molecule is Cc1nn(Cc2cccc(Cl)c2)c(=O)c2c1cnn2-c1ccccc1. The second-order valence-electron chi connectivity index (χ2n) is 5.83. The zero-order valence-electron chi connectivity index (χ0n) is 13.6. The molecule has 0 fully saturated rings. The van der Waals surface area contributed by atoms with Crippen LogP contribution in [0.2, 0.25) is 5.02 Å². The highest BCUT2D eigenvalue weighted by Crippen LogP contribution is 2.17. The van der Waals surface area contributed by atoms with Gasteiger partial charge in [0.15, 0.2) is 0 Å². The molecule has 2 aromatic carbocycles. The topological polar surface area (TPSA) is 52.7 Å². The zero-order valence-corrected chi connectivity index (χ0v) is 14.3. The van der Waals surface area contributed by atoms with Crippen LogP contribution in [-0.2, 0) is 6.54 Å². The summed E-state index contributed by atoms with van der Waals surface area (Å²) in [6, 6.07) is 17.0. The minimum absolute atomic E-state index is 0.179. The molecule has 0 radical (unpaired) electrons. The van der Waals surface area contributed by atoms with Crippen LogP contribution >= 0.6 is 11.6 Å². The molecule has 0 aliphatic rings. The first-order valence-electron chi connectivity index (χ1n) is 7.89. The Bertz CT molecular complexity index is 1120. The summed E-state index contributed by atoms with van der Waals surface area (Å²) in [4.78, 5) is 13.0. The smallest absolute Gasteiger partial charge is 0.265 e. The van der Waals surface area contributed by atoms with Crippen molar-refractivity contribution < 1.29 is 0 Å². The van der Waals surface area contributed by atoms with Gasteiger partial charge in [0.25, 0.3) is 5.56 Å². The maximum Gasteiger partial charge on any atom is 0.293 e. The Hall–Kier alpha value is -2.92. The van der Waals surface area contributed by atoms with Gasteiger partial charge in [-0.05, 0) is 36.8 Å².